The predicted molar refractivity (Wildman–Crippen MR) is 113 cm³/mol. The third-order valence-corrected chi connectivity index (χ3v) is 4.56. The largest absolute Gasteiger partial charge is 0.495 e. The zero-order valence-electron chi connectivity index (χ0n) is 16.0. The molecule has 148 valence electrons. The number of aromatic nitrogens is 2. The zero-order chi connectivity index (χ0) is 20.8. The van der Waals surface area contributed by atoms with Crippen LogP contribution in [0.5, 0.6) is 5.75 Å². The Morgan fingerprint density at radius 3 is 2.29 bits per heavy atom. The minimum atomic E-state index is -0.605. The smallest absolute Gasteiger partial charge is 0.224 e. The number of nitrogens with zero attached hydrogens (tertiary/aromatic N) is 2. The normalized spacial score (nSPS) is 10.1. The van der Waals surface area contributed by atoms with Crippen LogP contribution in [0.3, 0.4) is 0 Å². The van der Waals surface area contributed by atoms with Gasteiger partial charge in [0.25, 0.3) is 0 Å². The summed E-state index contributed by atoms with van der Waals surface area (Å²) in [6, 6.07) is 8.94. The summed E-state index contributed by atoms with van der Waals surface area (Å²) >= 11 is 11.5. The van der Waals surface area contributed by atoms with E-state index in [1.807, 2.05) is 12.1 Å². The van der Waals surface area contributed by atoms with Crippen molar-refractivity contribution in [3.05, 3.63) is 69.3 Å². The Bertz CT molecular complexity index is 959. The van der Waals surface area contributed by atoms with Crippen molar-refractivity contribution in [2.24, 2.45) is 0 Å². The van der Waals surface area contributed by atoms with Crippen molar-refractivity contribution in [1.29, 1.82) is 0 Å². The summed E-state index contributed by atoms with van der Waals surface area (Å²) in [7, 11) is 1.51. The lowest BCUT2D eigenvalue weighted by Crippen LogP contribution is -1.99. The van der Waals surface area contributed by atoms with Crippen LogP contribution in [-0.4, -0.2) is 17.1 Å². The van der Waals surface area contributed by atoms with Gasteiger partial charge >= 0.3 is 0 Å². The van der Waals surface area contributed by atoms with Crippen molar-refractivity contribution in [2.45, 2.75) is 20.8 Å². The van der Waals surface area contributed by atoms with Crippen molar-refractivity contribution in [3.8, 4) is 5.75 Å². The van der Waals surface area contributed by atoms with E-state index in [1.165, 1.54) is 23.8 Å². The Morgan fingerprint density at radius 2 is 1.71 bits per heavy atom. The number of nitrogens with one attached hydrogen (secondary N) is 1. The molecule has 0 aliphatic rings. The van der Waals surface area contributed by atoms with E-state index in [0.717, 1.165) is 11.9 Å². The first-order chi connectivity index (χ1) is 13.2. The van der Waals surface area contributed by atoms with Gasteiger partial charge in [0.1, 0.15) is 5.75 Å². The van der Waals surface area contributed by atoms with Crippen LogP contribution in [-0.2, 0) is 0 Å². The highest BCUT2D eigenvalue weighted by Gasteiger charge is 2.08. The van der Waals surface area contributed by atoms with E-state index in [4.69, 9.17) is 33.7 Å². The Kier molecular flexibility index (Phi) is 7.43. The second-order valence-electron chi connectivity index (χ2n) is 6.09. The van der Waals surface area contributed by atoms with Crippen LogP contribution in [0.4, 0.5) is 21.6 Å². The Morgan fingerprint density at radius 1 is 1.07 bits per heavy atom. The molecule has 28 heavy (non-hydrogen) atoms. The van der Waals surface area contributed by atoms with Crippen LogP contribution in [0.1, 0.15) is 16.7 Å². The van der Waals surface area contributed by atoms with Gasteiger partial charge in [-0.05, 0) is 79.4 Å². The first kappa shape index (κ1) is 21.7. The van der Waals surface area contributed by atoms with Gasteiger partial charge in [0, 0.05) is 11.4 Å². The van der Waals surface area contributed by atoms with E-state index < -0.39 is 5.82 Å². The van der Waals surface area contributed by atoms with Crippen LogP contribution in [0.2, 0.25) is 10.3 Å². The molecule has 0 bridgehead atoms. The molecule has 0 aliphatic heterocycles. The molecule has 0 saturated heterocycles. The lowest BCUT2D eigenvalue weighted by atomic mass is 10.0. The molecule has 0 saturated carbocycles. The second kappa shape index (κ2) is 9.57. The van der Waals surface area contributed by atoms with Gasteiger partial charge in [0.2, 0.25) is 5.28 Å². The van der Waals surface area contributed by atoms with Gasteiger partial charge in [-0.25, -0.2) is 9.37 Å². The van der Waals surface area contributed by atoms with Gasteiger partial charge in [0.05, 0.1) is 18.3 Å². The summed E-state index contributed by atoms with van der Waals surface area (Å²) in [5, 5.41) is 3.12. The number of aryl methyl sites for hydroxylation is 2. The van der Waals surface area contributed by atoms with Gasteiger partial charge in [-0.1, -0.05) is 11.6 Å². The number of methoxy groups -OCH3 is 1. The summed E-state index contributed by atoms with van der Waals surface area (Å²) in [5.41, 5.74) is 10.9. The van der Waals surface area contributed by atoms with E-state index in [2.05, 4.69) is 36.1 Å². The quantitative estimate of drug-likeness (QED) is 0.407. The molecule has 3 N–H and O–H groups in total. The molecular weight excluding hydrogens is 402 g/mol. The van der Waals surface area contributed by atoms with Crippen LogP contribution in [0.15, 0.2) is 36.5 Å². The number of anilines is 3. The summed E-state index contributed by atoms with van der Waals surface area (Å²) in [5.74, 6) is -0.0917. The summed E-state index contributed by atoms with van der Waals surface area (Å²) < 4.78 is 18.4. The van der Waals surface area contributed by atoms with Crippen molar-refractivity contribution in [2.75, 3.05) is 18.2 Å². The van der Waals surface area contributed by atoms with Gasteiger partial charge in [-0.15, -0.1) is 0 Å². The molecule has 5 nitrogen and oxygen atoms in total. The van der Waals surface area contributed by atoms with Crippen molar-refractivity contribution < 1.29 is 9.13 Å². The van der Waals surface area contributed by atoms with Crippen LogP contribution in [0, 0.1) is 26.6 Å². The number of rotatable bonds is 3. The lowest BCUT2D eigenvalue weighted by Gasteiger charge is -2.08. The molecular formula is C20H21Cl2FN4O. The number of halogens is 3. The fraction of sp³-hybridized carbons (Fsp3) is 0.200. The highest BCUT2D eigenvalue weighted by molar-refractivity contribution is 6.32. The maximum atomic E-state index is 13.4. The monoisotopic (exact) mass is 422 g/mol. The Hall–Kier alpha value is -2.57. The predicted octanol–water partition coefficient (Wildman–Crippen LogP) is 5.87. The molecule has 0 atom stereocenters. The number of hydrogen-bond donors (Lipinski definition) is 2. The third-order valence-electron chi connectivity index (χ3n) is 4.08. The van der Waals surface area contributed by atoms with E-state index in [0.29, 0.717) is 16.5 Å². The van der Waals surface area contributed by atoms with E-state index in [1.54, 1.807) is 18.2 Å². The fourth-order valence-corrected chi connectivity index (χ4v) is 2.77. The van der Waals surface area contributed by atoms with Crippen LogP contribution < -0.4 is 15.8 Å². The van der Waals surface area contributed by atoms with Crippen molar-refractivity contribution in [1.82, 2.24) is 9.97 Å². The first-order valence-corrected chi connectivity index (χ1v) is 9.08. The Balaban J connectivity index is 0.000000237. The standard InChI is InChI=1S/C11H8Cl2FN3O.C9H13N/c1-18-9-3-2-6(4-7(9)12)16-10-8(14)5-15-11(13)17-10;1-6-4-9(10)5-7(2)8(6)3/h2-5H,1H3,(H,15,16,17);4-5H,10H2,1-3H3. The summed E-state index contributed by atoms with van der Waals surface area (Å²) in [6.07, 6.45) is 0.989. The number of ether oxygens (including phenoxy) is 1. The van der Waals surface area contributed by atoms with E-state index >= 15 is 0 Å². The molecule has 2 aromatic carbocycles. The van der Waals surface area contributed by atoms with Crippen molar-refractivity contribution >= 4 is 40.4 Å². The SMILES string of the molecule is COc1ccc(Nc2nc(Cl)ncc2F)cc1Cl.Cc1cc(N)cc(C)c1C. The highest BCUT2D eigenvalue weighted by Crippen LogP contribution is 2.29. The summed E-state index contributed by atoms with van der Waals surface area (Å²) in [6.45, 7) is 6.28. The van der Waals surface area contributed by atoms with E-state index in [9.17, 15) is 4.39 Å². The zero-order valence-corrected chi connectivity index (χ0v) is 17.5. The molecule has 0 spiro atoms. The molecule has 1 aromatic heterocycles. The minimum absolute atomic E-state index is 0.0174. The highest BCUT2D eigenvalue weighted by atomic mass is 35.5. The second-order valence-corrected chi connectivity index (χ2v) is 6.83. The molecule has 8 heteroatoms. The average Bonchev–Trinajstić information content (AvgIpc) is 2.63. The van der Waals surface area contributed by atoms with Gasteiger partial charge in [-0.2, -0.15) is 4.98 Å². The lowest BCUT2D eigenvalue weighted by molar-refractivity contribution is 0.415. The molecule has 0 radical (unpaired) electrons. The van der Waals surface area contributed by atoms with E-state index in [-0.39, 0.29) is 11.1 Å². The number of nitrogen functional groups attached to an aromatic ring is 1. The number of hydrogen-bond acceptors (Lipinski definition) is 5. The van der Waals surface area contributed by atoms with Crippen molar-refractivity contribution in [3.63, 3.8) is 0 Å². The topological polar surface area (TPSA) is 73.1 Å². The molecule has 0 fully saturated rings. The molecule has 1 heterocycles. The van der Waals surface area contributed by atoms with Gasteiger partial charge in [-0.3, -0.25) is 0 Å². The number of nitrogens with two attached hydrogens (primary N) is 1. The minimum Gasteiger partial charge on any atom is -0.495 e. The fourth-order valence-electron chi connectivity index (χ4n) is 2.38. The first-order valence-electron chi connectivity index (χ1n) is 8.33. The maximum absolute atomic E-state index is 13.4. The molecule has 3 rings (SSSR count). The molecule has 0 unspecified atom stereocenters. The van der Waals surface area contributed by atoms with Crippen LogP contribution in [0.25, 0.3) is 0 Å². The number of benzene rings is 2. The molecule has 0 amide bonds. The van der Waals surface area contributed by atoms with Gasteiger partial charge < -0.3 is 15.8 Å². The molecule has 3 aromatic rings. The summed E-state index contributed by atoms with van der Waals surface area (Å²) in [4.78, 5) is 7.25. The van der Waals surface area contributed by atoms with Gasteiger partial charge in [0.15, 0.2) is 11.6 Å². The third kappa shape index (κ3) is 5.71. The molecule has 0 aliphatic carbocycles. The Labute approximate surface area is 173 Å². The average molecular weight is 423 g/mol. The maximum Gasteiger partial charge on any atom is 0.224 e. The van der Waals surface area contributed by atoms with Crippen LogP contribution >= 0.6 is 23.2 Å².